The number of benzene rings is 1. The van der Waals surface area contributed by atoms with Crippen LogP contribution in [-0.4, -0.2) is 24.9 Å². The highest BCUT2D eigenvalue weighted by molar-refractivity contribution is 9.10. The van der Waals surface area contributed by atoms with Gasteiger partial charge in [0.05, 0.1) is 0 Å². The molecule has 1 aromatic carbocycles. The van der Waals surface area contributed by atoms with E-state index in [4.69, 9.17) is 0 Å². The van der Waals surface area contributed by atoms with Crippen molar-refractivity contribution in [3.8, 4) is 0 Å². The summed E-state index contributed by atoms with van der Waals surface area (Å²) in [6.45, 7) is 2.06. The summed E-state index contributed by atoms with van der Waals surface area (Å²) in [5.41, 5.74) is 1.21. The fraction of sp³-hybridized carbons (Fsp3) is 0.462. The molecule has 0 aliphatic carbocycles. The van der Waals surface area contributed by atoms with Crippen LogP contribution in [0.15, 0.2) is 28.7 Å². The van der Waals surface area contributed by atoms with E-state index >= 15 is 0 Å². The maximum atomic E-state index is 11.9. The number of amides is 1. The van der Waals surface area contributed by atoms with E-state index in [0.717, 1.165) is 17.3 Å². The number of rotatable bonds is 4. The molecule has 16 heavy (non-hydrogen) atoms. The van der Waals surface area contributed by atoms with Crippen LogP contribution in [0.2, 0.25) is 0 Å². The van der Waals surface area contributed by atoms with Crippen molar-refractivity contribution >= 4 is 21.8 Å². The molecule has 1 rings (SSSR count). The Bertz CT molecular complexity index is 363. The summed E-state index contributed by atoms with van der Waals surface area (Å²) in [6, 6.07) is 8.15. The van der Waals surface area contributed by atoms with Gasteiger partial charge in [-0.25, -0.2) is 0 Å². The van der Waals surface area contributed by atoms with Crippen LogP contribution in [0.25, 0.3) is 0 Å². The van der Waals surface area contributed by atoms with Gasteiger partial charge >= 0.3 is 0 Å². The third-order valence-electron chi connectivity index (χ3n) is 2.65. The van der Waals surface area contributed by atoms with Crippen molar-refractivity contribution < 1.29 is 4.79 Å². The lowest BCUT2D eigenvalue weighted by Crippen LogP contribution is -2.30. The number of hydrogen-bond donors (Lipinski definition) is 0. The normalized spacial score (nSPS) is 12.2. The van der Waals surface area contributed by atoms with Gasteiger partial charge in [-0.1, -0.05) is 35.0 Å². The first-order valence-corrected chi connectivity index (χ1v) is 6.29. The van der Waals surface area contributed by atoms with Crippen molar-refractivity contribution in [1.82, 2.24) is 4.90 Å². The zero-order valence-electron chi connectivity index (χ0n) is 10.0. The van der Waals surface area contributed by atoms with Crippen molar-refractivity contribution in [3.05, 3.63) is 34.3 Å². The smallest absolute Gasteiger partial charge is 0.225 e. The molecule has 1 aromatic rings. The molecule has 0 spiro atoms. The first kappa shape index (κ1) is 13.2. The Balaban J connectivity index is 2.74. The molecule has 0 heterocycles. The van der Waals surface area contributed by atoms with Gasteiger partial charge in [-0.05, 0) is 30.5 Å². The van der Waals surface area contributed by atoms with E-state index in [9.17, 15) is 4.79 Å². The lowest BCUT2D eigenvalue weighted by molar-refractivity contribution is -0.133. The molecule has 1 amide bonds. The molecule has 0 unspecified atom stereocenters. The molecule has 2 nitrogen and oxygen atoms in total. The summed E-state index contributed by atoms with van der Waals surface area (Å²) in [5.74, 6) is 0.298. The van der Waals surface area contributed by atoms with Gasteiger partial charge in [0.2, 0.25) is 5.91 Å². The number of hydrogen-bond acceptors (Lipinski definition) is 1. The van der Waals surface area contributed by atoms with E-state index in [1.165, 1.54) is 5.56 Å². The average Bonchev–Trinajstić information content (AvgIpc) is 2.25. The maximum absolute atomic E-state index is 11.9. The minimum absolute atomic E-state index is 0.0873. The molecular weight excluding hydrogens is 266 g/mol. The molecule has 1 atom stereocenters. The fourth-order valence-corrected chi connectivity index (χ4v) is 2.17. The third-order valence-corrected chi connectivity index (χ3v) is 3.15. The monoisotopic (exact) mass is 283 g/mol. The van der Waals surface area contributed by atoms with E-state index < -0.39 is 0 Å². The van der Waals surface area contributed by atoms with Gasteiger partial charge in [-0.2, -0.15) is 0 Å². The van der Waals surface area contributed by atoms with Crippen LogP contribution in [0.3, 0.4) is 0 Å². The van der Waals surface area contributed by atoms with E-state index in [-0.39, 0.29) is 11.8 Å². The van der Waals surface area contributed by atoms with E-state index in [1.807, 2.05) is 26.2 Å². The third kappa shape index (κ3) is 3.63. The second-order valence-electron chi connectivity index (χ2n) is 4.17. The van der Waals surface area contributed by atoms with Crippen molar-refractivity contribution in [2.75, 3.05) is 14.1 Å². The van der Waals surface area contributed by atoms with Crippen molar-refractivity contribution in [1.29, 1.82) is 0 Å². The zero-order chi connectivity index (χ0) is 12.1. The molecule has 0 aromatic heterocycles. The molecule has 0 aliphatic heterocycles. The predicted molar refractivity (Wildman–Crippen MR) is 70.3 cm³/mol. The van der Waals surface area contributed by atoms with Crippen LogP contribution in [0, 0.1) is 5.92 Å². The molecule has 0 radical (unpaired) electrons. The minimum atomic E-state index is 0.0873. The number of carbonyl (C=O) groups is 1. The minimum Gasteiger partial charge on any atom is -0.349 e. The topological polar surface area (TPSA) is 20.3 Å². The van der Waals surface area contributed by atoms with Gasteiger partial charge in [-0.3, -0.25) is 4.79 Å². The first-order valence-electron chi connectivity index (χ1n) is 5.50. The van der Waals surface area contributed by atoms with Gasteiger partial charge in [0.25, 0.3) is 0 Å². The summed E-state index contributed by atoms with van der Waals surface area (Å²) in [4.78, 5) is 13.6. The van der Waals surface area contributed by atoms with Crippen LogP contribution in [-0.2, 0) is 11.2 Å². The lowest BCUT2D eigenvalue weighted by Gasteiger charge is -2.19. The molecular formula is C13H18BrNO. The van der Waals surface area contributed by atoms with Crippen LogP contribution in [0.1, 0.15) is 18.9 Å². The highest BCUT2D eigenvalue weighted by atomic mass is 79.9. The SMILES string of the molecule is CC[C@@H](Cc1cccc(Br)c1)C(=O)N(C)C. The standard InChI is InChI=1S/C13H18BrNO/c1-4-11(13(16)15(2)3)8-10-6-5-7-12(14)9-10/h5-7,9,11H,4,8H2,1-3H3/t11-/m0/s1. The summed E-state index contributed by atoms with van der Waals surface area (Å²) in [5, 5.41) is 0. The van der Waals surface area contributed by atoms with E-state index in [1.54, 1.807) is 4.90 Å². The molecule has 0 bridgehead atoms. The van der Waals surface area contributed by atoms with E-state index in [0.29, 0.717) is 0 Å². The van der Waals surface area contributed by atoms with Crippen LogP contribution < -0.4 is 0 Å². The van der Waals surface area contributed by atoms with Gasteiger partial charge in [0.15, 0.2) is 0 Å². The molecule has 88 valence electrons. The molecule has 0 aliphatic rings. The molecule has 3 heteroatoms. The first-order chi connectivity index (χ1) is 7.54. The number of nitrogens with zero attached hydrogens (tertiary/aromatic N) is 1. The van der Waals surface area contributed by atoms with Gasteiger partial charge < -0.3 is 4.90 Å². The number of halogens is 1. The Morgan fingerprint density at radius 2 is 2.12 bits per heavy atom. The highest BCUT2D eigenvalue weighted by Crippen LogP contribution is 2.18. The second-order valence-corrected chi connectivity index (χ2v) is 5.09. The Kier molecular flexibility index (Phi) is 5.00. The Morgan fingerprint density at radius 1 is 1.44 bits per heavy atom. The summed E-state index contributed by atoms with van der Waals surface area (Å²) in [6.07, 6.45) is 1.69. The Morgan fingerprint density at radius 3 is 2.62 bits per heavy atom. The molecule has 0 N–H and O–H groups in total. The lowest BCUT2D eigenvalue weighted by atomic mass is 9.96. The second kappa shape index (κ2) is 6.04. The van der Waals surface area contributed by atoms with Crippen LogP contribution >= 0.6 is 15.9 Å². The largest absolute Gasteiger partial charge is 0.349 e. The van der Waals surface area contributed by atoms with Gasteiger partial charge in [0.1, 0.15) is 0 Å². The fourth-order valence-electron chi connectivity index (χ4n) is 1.72. The Labute approximate surface area is 106 Å². The van der Waals surface area contributed by atoms with E-state index in [2.05, 4.69) is 35.0 Å². The van der Waals surface area contributed by atoms with Gasteiger partial charge in [-0.15, -0.1) is 0 Å². The summed E-state index contributed by atoms with van der Waals surface area (Å²) < 4.78 is 1.07. The van der Waals surface area contributed by atoms with Crippen LogP contribution in [0.4, 0.5) is 0 Å². The predicted octanol–water partition coefficient (Wildman–Crippen LogP) is 3.11. The summed E-state index contributed by atoms with van der Waals surface area (Å²) in [7, 11) is 3.62. The zero-order valence-corrected chi connectivity index (χ0v) is 11.6. The summed E-state index contributed by atoms with van der Waals surface area (Å²) >= 11 is 3.44. The quantitative estimate of drug-likeness (QED) is 0.832. The number of carbonyl (C=O) groups excluding carboxylic acids is 1. The molecule has 0 saturated heterocycles. The average molecular weight is 284 g/mol. The Hall–Kier alpha value is -0.830. The molecule has 0 fully saturated rings. The molecule has 0 saturated carbocycles. The van der Waals surface area contributed by atoms with Crippen LogP contribution in [0.5, 0.6) is 0 Å². The van der Waals surface area contributed by atoms with Crippen molar-refractivity contribution in [2.45, 2.75) is 19.8 Å². The van der Waals surface area contributed by atoms with Crippen molar-refractivity contribution in [3.63, 3.8) is 0 Å². The van der Waals surface area contributed by atoms with Gasteiger partial charge in [0, 0.05) is 24.5 Å². The maximum Gasteiger partial charge on any atom is 0.225 e. The van der Waals surface area contributed by atoms with Crippen molar-refractivity contribution in [2.24, 2.45) is 5.92 Å². The highest BCUT2D eigenvalue weighted by Gasteiger charge is 2.18.